The molecule has 3 N–H and O–H groups in total. The summed E-state index contributed by atoms with van der Waals surface area (Å²) in [5, 5.41) is 11.5. The number of nitrogen functional groups attached to an aromatic ring is 1. The highest BCUT2D eigenvalue weighted by Crippen LogP contribution is 2.32. The number of methoxy groups -OCH3 is 1. The lowest BCUT2D eigenvalue weighted by Crippen LogP contribution is -2.05. The molecule has 0 saturated heterocycles. The SMILES string of the molecule is COc1ccc(OCc2cnc(NN)s2)c([N+](=O)[O-])c1. The molecule has 0 amide bonds. The molecule has 0 bridgehead atoms. The van der Waals surface area contributed by atoms with Gasteiger partial charge in [-0.25, -0.2) is 10.8 Å². The number of rotatable bonds is 6. The van der Waals surface area contributed by atoms with Crippen molar-refractivity contribution in [2.24, 2.45) is 5.84 Å². The Morgan fingerprint density at radius 1 is 1.55 bits per heavy atom. The van der Waals surface area contributed by atoms with E-state index >= 15 is 0 Å². The van der Waals surface area contributed by atoms with Gasteiger partial charge in [0.25, 0.3) is 0 Å². The molecule has 0 atom stereocenters. The average molecular weight is 296 g/mol. The van der Waals surface area contributed by atoms with Crippen LogP contribution in [-0.4, -0.2) is 17.0 Å². The number of hydrogen-bond acceptors (Lipinski definition) is 8. The van der Waals surface area contributed by atoms with Crippen molar-refractivity contribution in [3.63, 3.8) is 0 Å². The molecule has 1 aromatic carbocycles. The van der Waals surface area contributed by atoms with Gasteiger partial charge in [-0.05, 0) is 12.1 Å². The quantitative estimate of drug-likeness (QED) is 0.475. The summed E-state index contributed by atoms with van der Waals surface area (Å²) in [5.74, 6) is 5.79. The van der Waals surface area contributed by atoms with Gasteiger partial charge in [-0.1, -0.05) is 11.3 Å². The summed E-state index contributed by atoms with van der Waals surface area (Å²) in [7, 11) is 1.44. The van der Waals surface area contributed by atoms with Crippen LogP contribution in [0, 0.1) is 10.1 Å². The zero-order chi connectivity index (χ0) is 14.5. The van der Waals surface area contributed by atoms with Crippen molar-refractivity contribution in [3.05, 3.63) is 39.4 Å². The van der Waals surface area contributed by atoms with Gasteiger partial charge in [0.1, 0.15) is 12.4 Å². The van der Waals surface area contributed by atoms with E-state index in [1.807, 2.05) is 0 Å². The second-order valence-corrected chi connectivity index (χ2v) is 4.77. The molecule has 0 saturated carbocycles. The van der Waals surface area contributed by atoms with Gasteiger partial charge in [-0.3, -0.25) is 15.5 Å². The molecule has 9 heteroatoms. The van der Waals surface area contributed by atoms with E-state index in [2.05, 4.69) is 10.4 Å². The molecule has 1 aromatic heterocycles. The molecule has 20 heavy (non-hydrogen) atoms. The monoisotopic (exact) mass is 296 g/mol. The van der Waals surface area contributed by atoms with Crippen LogP contribution >= 0.6 is 11.3 Å². The predicted molar refractivity (Wildman–Crippen MR) is 73.9 cm³/mol. The summed E-state index contributed by atoms with van der Waals surface area (Å²) in [6.45, 7) is 0.173. The lowest BCUT2D eigenvalue weighted by Gasteiger charge is -2.06. The highest BCUT2D eigenvalue weighted by Gasteiger charge is 2.17. The minimum atomic E-state index is -0.516. The van der Waals surface area contributed by atoms with E-state index in [4.69, 9.17) is 15.3 Å². The second kappa shape index (κ2) is 6.17. The van der Waals surface area contributed by atoms with E-state index in [0.717, 1.165) is 4.88 Å². The van der Waals surface area contributed by atoms with Gasteiger partial charge in [0.05, 0.1) is 23.0 Å². The Hall–Kier alpha value is -2.39. The third kappa shape index (κ3) is 3.13. The molecule has 0 radical (unpaired) electrons. The standard InChI is InChI=1S/C11H12N4O4S/c1-18-7-2-3-10(9(4-7)15(16)17)19-6-8-5-13-11(14-12)20-8/h2-5H,6,12H2,1H3,(H,13,14). The number of ether oxygens (including phenoxy) is 2. The fourth-order valence-corrected chi connectivity index (χ4v) is 2.11. The van der Waals surface area contributed by atoms with Gasteiger partial charge in [0.15, 0.2) is 10.9 Å². The lowest BCUT2D eigenvalue weighted by molar-refractivity contribution is -0.386. The van der Waals surface area contributed by atoms with Gasteiger partial charge in [-0.15, -0.1) is 0 Å². The van der Waals surface area contributed by atoms with Crippen LogP contribution in [0.25, 0.3) is 0 Å². The molecule has 0 aliphatic rings. The van der Waals surface area contributed by atoms with Crippen molar-refractivity contribution in [2.75, 3.05) is 12.5 Å². The number of nitrogens with zero attached hydrogens (tertiary/aromatic N) is 2. The van der Waals surface area contributed by atoms with E-state index in [1.54, 1.807) is 12.3 Å². The van der Waals surface area contributed by atoms with Gasteiger partial charge >= 0.3 is 5.69 Å². The number of benzene rings is 1. The van der Waals surface area contributed by atoms with E-state index in [0.29, 0.717) is 10.9 Å². The van der Waals surface area contributed by atoms with Crippen LogP contribution in [0.1, 0.15) is 4.88 Å². The molecule has 0 spiro atoms. The number of hydrazine groups is 1. The molecule has 0 unspecified atom stereocenters. The Morgan fingerprint density at radius 3 is 2.95 bits per heavy atom. The topological polar surface area (TPSA) is 113 Å². The maximum absolute atomic E-state index is 11.0. The Bertz CT molecular complexity index is 616. The third-order valence-electron chi connectivity index (χ3n) is 2.41. The first-order chi connectivity index (χ1) is 9.63. The lowest BCUT2D eigenvalue weighted by atomic mass is 10.3. The van der Waals surface area contributed by atoms with E-state index in [-0.39, 0.29) is 18.0 Å². The first-order valence-electron chi connectivity index (χ1n) is 5.50. The Labute approximate surface area is 118 Å². The summed E-state index contributed by atoms with van der Waals surface area (Å²) in [4.78, 5) is 15.2. The van der Waals surface area contributed by atoms with Gasteiger partial charge in [0.2, 0.25) is 0 Å². The maximum atomic E-state index is 11.0. The molecule has 0 aliphatic heterocycles. The highest BCUT2D eigenvalue weighted by molar-refractivity contribution is 7.15. The minimum Gasteiger partial charge on any atom is -0.496 e. The van der Waals surface area contributed by atoms with E-state index in [1.165, 1.54) is 30.6 Å². The molecular weight excluding hydrogens is 284 g/mol. The van der Waals surface area contributed by atoms with Gasteiger partial charge in [0, 0.05) is 6.20 Å². The molecule has 2 aromatic rings. The maximum Gasteiger partial charge on any atom is 0.314 e. The van der Waals surface area contributed by atoms with Gasteiger partial charge < -0.3 is 9.47 Å². The number of nitro groups is 1. The third-order valence-corrected chi connectivity index (χ3v) is 3.31. The predicted octanol–water partition coefficient (Wildman–Crippen LogP) is 1.92. The average Bonchev–Trinajstić information content (AvgIpc) is 2.92. The molecule has 2 rings (SSSR count). The number of thiazole rings is 1. The molecule has 8 nitrogen and oxygen atoms in total. The summed E-state index contributed by atoms with van der Waals surface area (Å²) in [5.41, 5.74) is 2.27. The molecular formula is C11H12N4O4S. The second-order valence-electron chi connectivity index (χ2n) is 3.66. The van der Waals surface area contributed by atoms with Crippen LogP contribution in [0.2, 0.25) is 0 Å². The minimum absolute atomic E-state index is 0.147. The largest absolute Gasteiger partial charge is 0.496 e. The smallest absolute Gasteiger partial charge is 0.314 e. The Morgan fingerprint density at radius 2 is 2.35 bits per heavy atom. The van der Waals surface area contributed by atoms with Crippen molar-refractivity contribution in [1.82, 2.24) is 4.98 Å². The number of hydrogen-bond donors (Lipinski definition) is 2. The molecule has 106 valence electrons. The van der Waals surface area contributed by atoms with Crippen molar-refractivity contribution in [3.8, 4) is 11.5 Å². The zero-order valence-electron chi connectivity index (χ0n) is 10.5. The van der Waals surface area contributed by atoms with Crippen LogP contribution in [0.3, 0.4) is 0 Å². The van der Waals surface area contributed by atoms with E-state index < -0.39 is 4.92 Å². The van der Waals surface area contributed by atoms with Crippen molar-refractivity contribution < 1.29 is 14.4 Å². The Balaban J connectivity index is 2.14. The van der Waals surface area contributed by atoms with Crippen LogP contribution in [0.5, 0.6) is 11.5 Å². The number of anilines is 1. The van der Waals surface area contributed by atoms with Crippen molar-refractivity contribution in [1.29, 1.82) is 0 Å². The zero-order valence-corrected chi connectivity index (χ0v) is 11.3. The fourth-order valence-electron chi connectivity index (χ4n) is 1.48. The van der Waals surface area contributed by atoms with Gasteiger partial charge in [-0.2, -0.15) is 0 Å². The van der Waals surface area contributed by atoms with Crippen LogP contribution in [0.15, 0.2) is 24.4 Å². The summed E-state index contributed by atoms with van der Waals surface area (Å²) >= 11 is 1.31. The summed E-state index contributed by atoms with van der Waals surface area (Å²) < 4.78 is 10.4. The summed E-state index contributed by atoms with van der Waals surface area (Å²) in [6.07, 6.45) is 1.59. The fraction of sp³-hybridized carbons (Fsp3) is 0.182. The first-order valence-corrected chi connectivity index (χ1v) is 6.32. The number of nitrogens with two attached hydrogens (primary N) is 1. The van der Waals surface area contributed by atoms with Crippen LogP contribution < -0.4 is 20.7 Å². The number of aromatic nitrogens is 1. The molecule has 0 fully saturated rings. The van der Waals surface area contributed by atoms with Crippen molar-refractivity contribution >= 4 is 22.2 Å². The molecule has 0 aliphatic carbocycles. The molecule has 1 heterocycles. The number of nitro benzene ring substituents is 1. The normalized spacial score (nSPS) is 10.1. The van der Waals surface area contributed by atoms with Crippen LogP contribution in [0.4, 0.5) is 10.8 Å². The Kier molecular flexibility index (Phi) is 4.33. The first kappa shape index (κ1) is 14.0. The summed E-state index contributed by atoms with van der Waals surface area (Å²) in [6, 6.07) is 4.41. The van der Waals surface area contributed by atoms with E-state index in [9.17, 15) is 10.1 Å². The van der Waals surface area contributed by atoms with Crippen LogP contribution in [-0.2, 0) is 6.61 Å². The number of nitrogens with one attached hydrogen (secondary N) is 1. The highest BCUT2D eigenvalue weighted by atomic mass is 32.1. The van der Waals surface area contributed by atoms with Crippen molar-refractivity contribution in [2.45, 2.75) is 6.61 Å².